The number of fused-ring (bicyclic) bond motifs is 1. The van der Waals surface area contributed by atoms with E-state index in [1.54, 1.807) is 6.26 Å². The zero-order valence-corrected chi connectivity index (χ0v) is 8.32. The number of anilines is 1. The molecule has 4 nitrogen and oxygen atoms in total. The number of benzene rings is 1. The molecule has 0 saturated carbocycles. The van der Waals surface area contributed by atoms with E-state index in [-0.39, 0.29) is 12.6 Å². The molecule has 0 bridgehead atoms. The Morgan fingerprint density at radius 1 is 1.47 bits per heavy atom. The maximum Gasteiger partial charge on any atom is 0.303 e. The smallest absolute Gasteiger partial charge is 0.303 e. The summed E-state index contributed by atoms with van der Waals surface area (Å²) in [7, 11) is 0. The molecule has 1 aliphatic rings. The molecule has 0 unspecified atom stereocenters. The molecule has 1 N–H and O–H groups in total. The predicted molar refractivity (Wildman–Crippen MR) is 55.4 cm³/mol. The van der Waals surface area contributed by atoms with Crippen LogP contribution in [-0.4, -0.2) is 12.6 Å². The van der Waals surface area contributed by atoms with Crippen LogP contribution in [0.25, 0.3) is 0 Å². The Kier molecular flexibility index (Phi) is 2.58. The third-order valence-electron chi connectivity index (χ3n) is 1.94. The van der Waals surface area contributed by atoms with E-state index in [1.165, 1.54) is 6.92 Å². The largest absolute Gasteiger partial charge is 0.461 e. The first-order valence-corrected chi connectivity index (χ1v) is 4.61. The Balaban J connectivity index is 2.03. The lowest BCUT2D eigenvalue weighted by atomic mass is 10.2. The number of rotatable bonds is 2. The average Bonchev–Trinajstić information content (AvgIpc) is 2.26. The number of carbonyl (C=O) groups excluding carboxylic acids is 1. The topological polar surface area (TPSA) is 47.6 Å². The van der Waals surface area contributed by atoms with Crippen molar-refractivity contribution in [2.75, 3.05) is 11.9 Å². The van der Waals surface area contributed by atoms with Crippen molar-refractivity contribution < 1.29 is 14.3 Å². The van der Waals surface area contributed by atoms with Gasteiger partial charge in [0, 0.05) is 6.92 Å². The van der Waals surface area contributed by atoms with Gasteiger partial charge >= 0.3 is 5.97 Å². The Morgan fingerprint density at radius 3 is 3.07 bits per heavy atom. The van der Waals surface area contributed by atoms with Crippen LogP contribution in [0.5, 0.6) is 5.75 Å². The van der Waals surface area contributed by atoms with Crippen molar-refractivity contribution in [1.29, 1.82) is 0 Å². The standard InChI is InChI=1S/C11H11NO3/c1-8(13)14-6-9-7-15-11-5-3-2-4-10(11)12-9/h2-5,7,12H,6H2,1H3. The Bertz CT molecular complexity index is 412. The van der Waals surface area contributed by atoms with E-state index < -0.39 is 0 Å². The van der Waals surface area contributed by atoms with E-state index in [2.05, 4.69) is 5.32 Å². The molecular formula is C11H11NO3. The molecule has 78 valence electrons. The minimum Gasteiger partial charge on any atom is -0.461 e. The van der Waals surface area contributed by atoms with Gasteiger partial charge in [-0.25, -0.2) is 0 Å². The SMILES string of the molecule is CC(=O)OCC1=COc2ccccc2N1. The number of hydrogen-bond donors (Lipinski definition) is 1. The van der Waals surface area contributed by atoms with Gasteiger partial charge in [0.05, 0.1) is 11.4 Å². The van der Waals surface area contributed by atoms with Crippen LogP contribution >= 0.6 is 0 Å². The van der Waals surface area contributed by atoms with Gasteiger partial charge in [-0.1, -0.05) is 12.1 Å². The van der Waals surface area contributed by atoms with Gasteiger partial charge in [0.1, 0.15) is 18.6 Å². The number of para-hydroxylation sites is 2. The van der Waals surface area contributed by atoms with E-state index in [0.29, 0.717) is 0 Å². The highest BCUT2D eigenvalue weighted by atomic mass is 16.5. The van der Waals surface area contributed by atoms with Crippen LogP contribution in [-0.2, 0) is 9.53 Å². The van der Waals surface area contributed by atoms with Crippen molar-refractivity contribution in [3.63, 3.8) is 0 Å². The molecule has 0 aromatic heterocycles. The summed E-state index contributed by atoms with van der Waals surface area (Å²) in [5, 5.41) is 3.11. The molecule has 1 aromatic carbocycles. The van der Waals surface area contributed by atoms with Gasteiger partial charge in [-0.05, 0) is 12.1 Å². The van der Waals surface area contributed by atoms with E-state index in [0.717, 1.165) is 17.1 Å². The maximum atomic E-state index is 10.6. The van der Waals surface area contributed by atoms with E-state index >= 15 is 0 Å². The highest BCUT2D eigenvalue weighted by molar-refractivity contribution is 5.67. The van der Waals surface area contributed by atoms with Crippen LogP contribution in [0.15, 0.2) is 36.2 Å². The molecule has 1 aliphatic heterocycles. The van der Waals surface area contributed by atoms with Crippen molar-refractivity contribution in [3.05, 3.63) is 36.2 Å². The fourth-order valence-corrected chi connectivity index (χ4v) is 1.26. The van der Waals surface area contributed by atoms with Crippen LogP contribution in [0.3, 0.4) is 0 Å². The summed E-state index contributed by atoms with van der Waals surface area (Å²) in [5.41, 5.74) is 1.60. The summed E-state index contributed by atoms with van der Waals surface area (Å²) in [4.78, 5) is 10.6. The highest BCUT2D eigenvalue weighted by Crippen LogP contribution is 2.28. The van der Waals surface area contributed by atoms with Gasteiger partial charge in [0.15, 0.2) is 0 Å². The Hall–Kier alpha value is -1.97. The van der Waals surface area contributed by atoms with Crippen LogP contribution in [0, 0.1) is 0 Å². The minimum absolute atomic E-state index is 0.198. The van der Waals surface area contributed by atoms with E-state index in [1.807, 2.05) is 24.3 Å². The van der Waals surface area contributed by atoms with Crippen molar-refractivity contribution >= 4 is 11.7 Å². The summed E-state index contributed by atoms with van der Waals surface area (Å²) in [6.45, 7) is 1.57. The normalized spacial score (nSPS) is 13.0. The predicted octanol–water partition coefficient (Wildman–Crippen LogP) is 1.90. The van der Waals surface area contributed by atoms with Gasteiger partial charge in [-0.15, -0.1) is 0 Å². The quantitative estimate of drug-likeness (QED) is 0.749. The highest BCUT2D eigenvalue weighted by Gasteiger charge is 2.11. The van der Waals surface area contributed by atoms with Gasteiger partial charge in [0.25, 0.3) is 0 Å². The second-order valence-corrected chi connectivity index (χ2v) is 3.16. The summed E-state index contributed by atoms with van der Waals surface area (Å²) >= 11 is 0. The molecule has 1 heterocycles. The fraction of sp³-hybridized carbons (Fsp3) is 0.182. The third kappa shape index (κ3) is 2.28. The molecule has 4 heteroatoms. The first kappa shape index (κ1) is 9.58. The first-order valence-electron chi connectivity index (χ1n) is 4.61. The molecule has 1 aromatic rings. The molecular weight excluding hydrogens is 194 g/mol. The van der Waals surface area contributed by atoms with Crippen molar-refractivity contribution in [2.45, 2.75) is 6.92 Å². The first-order chi connectivity index (χ1) is 7.25. The second-order valence-electron chi connectivity index (χ2n) is 3.16. The van der Waals surface area contributed by atoms with Crippen LogP contribution in [0.4, 0.5) is 5.69 Å². The van der Waals surface area contributed by atoms with E-state index in [9.17, 15) is 4.79 Å². The van der Waals surface area contributed by atoms with Crippen LogP contribution in [0.1, 0.15) is 6.92 Å². The molecule has 0 fully saturated rings. The zero-order valence-electron chi connectivity index (χ0n) is 8.32. The number of carbonyl (C=O) groups is 1. The summed E-state index contributed by atoms with van der Waals surface area (Å²) in [5.74, 6) is 0.459. The Morgan fingerprint density at radius 2 is 2.27 bits per heavy atom. The fourth-order valence-electron chi connectivity index (χ4n) is 1.26. The second kappa shape index (κ2) is 4.04. The van der Waals surface area contributed by atoms with Crippen molar-refractivity contribution in [2.24, 2.45) is 0 Å². The number of ether oxygens (including phenoxy) is 2. The van der Waals surface area contributed by atoms with Gasteiger partial charge in [-0.3, -0.25) is 4.79 Å². The number of nitrogens with one attached hydrogen (secondary N) is 1. The van der Waals surface area contributed by atoms with Crippen molar-refractivity contribution in [3.8, 4) is 5.75 Å². The average molecular weight is 205 g/mol. The molecule has 0 radical (unpaired) electrons. The van der Waals surface area contributed by atoms with Crippen molar-refractivity contribution in [1.82, 2.24) is 0 Å². The summed E-state index contributed by atoms with van der Waals surface area (Å²) < 4.78 is 10.2. The molecule has 0 spiro atoms. The maximum absolute atomic E-state index is 10.6. The third-order valence-corrected chi connectivity index (χ3v) is 1.94. The molecule has 0 saturated heterocycles. The number of esters is 1. The Labute approximate surface area is 87.5 Å². The molecule has 0 aliphatic carbocycles. The van der Waals surface area contributed by atoms with Crippen LogP contribution in [0.2, 0.25) is 0 Å². The monoisotopic (exact) mass is 205 g/mol. The molecule has 0 atom stereocenters. The molecule has 15 heavy (non-hydrogen) atoms. The van der Waals surface area contributed by atoms with Gasteiger partial charge in [0.2, 0.25) is 0 Å². The number of hydrogen-bond acceptors (Lipinski definition) is 4. The lowest BCUT2D eigenvalue weighted by Crippen LogP contribution is -2.14. The zero-order chi connectivity index (χ0) is 10.7. The minimum atomic E-state index is -0.309. The van der Waals surface area contributed by atoms with Gasteiger partial charge < -0.3 is 14.8 Å². The van der Waals surface area contributed by atoms with E-state index in [4.69, 9.17) is 9.47 Å². The molecule has 2 rings (SSSR count). The lowest BCUT2D eigenvalue weighted by Gasteiger charge is -2.18. The summed E-state index contributed by atoms with van der Waals surface area (Å²) in [6.07, 6.45) is 1.55. The van der Waals surface area contributed by atoms with Crippen LogP contribution < -0.4 is 10.1 Å². The summed E-state index contributed by atoms with van der Waals surface area (Å²) in [6, 6.07) is 7.56. The lowest BCUT2D eigenvalue weighted by molar-refractivity contribution is -0.139. The van der Waals surface area contributed by atoms with Gasteiger partial charge in [-0.2, -0.15) is 0 Å². The molecule has 0 amide bonds.